The maximum atomic E-state index is 11.6. The first kappa shape index (κ1) is 15.9. The van der Waals surface area contributed by atoms with Gasteiger partial charge in [-0.3, -0.25) is 9.59 Å². The standard InChI is InChI=1S/C16H26O3/c1-2-3-7-10-13-14(16(13)19)11-8-5-4-6-9-12-15(17)18/h3,7,13-14H,2,4-6,8-12H2,1H3,(H,17,18)/b7-3-. The fraction of sp³-hybridized carbons (Fsp3) is 0.750. The number of allylic oxidation sites excluding steroid dienone is 2. The quantitative estimate of drug-likeness (QED) is 0.454. The molecule has 3 nitrogen and oxygen atoms in total. The number of rotatable bonds is 11. The zero-order valence-corrected chi connectivity index (χ0v) is 11.9. The van der Waals surface area contributed by atoms with Gasteiger partial charge >= 0.3 is 5.97 Å². The SMILES string of the molecule is CC/C=C\CC1C(=O)C1CCCCCCCC(=O)O. The van der Waals surface area contributed by atoms with Crippen molar-refractivity contribution in [2.75, 3.05) is 0 Å². The van der Waals surface area contributed by atoms with Gasteiger partial charge in [0.2, 0.25) is 0 Å². The second-order valence-electron chi connectivity index (χ2n) is 5.43. The number of aliphatic carboxylic acids is 1. The molecule has 0 heterocycles. The lowest BCUT2D eigenvalue weighted by atomic mass is 10.1. The Hall–Kier alpha value is -1.12. The Kier molecular flexibility index (Phi) is 7.46. The summed E-state index contributed by atoms with van der Waals surface area (Å²) in [6.45, 7) is 2.10. The molecule has 0 amide bonds. The normalized spacial score (nSPS) is 22.1. The van der Waals surface area contributed by atoms with Crippen LogP contribution in [0.25, 0.3) is 0 Å². The minimum atomic E-state index is -0.702. The first-order valence-corrected chi connectivity index (χ1v) is 7.57. The molecule has 1 aliphatic rings. The second kappa shape index (κ2) is 8.89. The van der Waals surface area contributed by atoms with Crippen LogP contribution in [0.5, 0.6) is 0 Å². The molecule has 1 rings (SSSR count). The van der Waals surface area contributed by atoms with Crippen LogP contribution in [0.2, 0.25) is 0 Å². The number of carboxylic acids is 1. The van der Waals surface area contributed by atoms with Crippen LogP contribution in [0, 0.1) is 11.8 Å². The number of carboxylic acid groups (broad SMARTS) is 1. The predicted octanol–water partition coefficient (Wildman–Crippen LogP) is 3.97. The summed E-state index contributed by atoms with van der Waals surface area (Å²) in [6, 6.07) is 0. The maximum absolute atomic E-state index is 11.6. The Labute approximate surface area is 116 Å². The van der Waals surface area contributed by atoms with E-state index in [9.17, 15) is 9.59 Å². The van der Waals surface area contributed by atoms with Crippen LogP contribution in [0.15, 0.2) is 12.2 Å². The number of unbranched alkanes of at least 4 members (excludes halogenated alkanes) is 4. The van der Waals surface area contributed by atoms with Crippen molar-refractivity contribution in [2.24, 2.45) is 11.8 Å². The fourth-order valence-electron chi connectivity index (χ4n) is 2.55. The molecule has 108 valence electrons. The molecule has 0 aromatic rings. The Morgan fingerprint density at radius 1 is 1.11 bits per heavy atom. The van der Waals surface area contributed by atoms with E-state index < -0.39 is 5.97 Å². The second-order valence-corrected chi connectivity index (χ2v) is 5.43. The fourth-order valence-corrected chi connectivity index (χ4v) is 2.55. The lowest BCUT2D eigenvalue weighted by Gasteiger charge is -1.99. The lowest BCUT2D eigenvalue weighted by molar-refractivity contribution is -0.137. The van der Waals surface area contributed by atoms with Gasteiger partial charge in [-0.05, 0) is 25.7 Å². The third kappa shape index (κ3) is 6.55. The molecule has 1 fully saturated rings. The Bertz CT molecular complexity index is 320. The molecule has 19 heavy (non-hydrogen) atoms. The van der Waals surface area contributed by atoms with E-state index in [1.54, 1.807) is 0 Å². The molecule has 3 heteroatoms. The zero-order chi connectivity index (χ0) is 14.1. The van der Waals surface area contributed by atoms with E-state index in [2.05, 4.69) is 19.1 Å². The van der Waals surface area contributed by atoms with Crippen LogP contribution in [-0.2, 0) is 9.59 Å². The number of hydrogen-bond donors (Lipinski definition) is 1. The highest BCUT2D eigenvalue weighted by atomic mass is 16.4. The van der Waals surface area contributed by atoms with Gasteiger partial charge in [0.1, 0.15) is 5.78 Å². The van der Waals surface area contributed by atoms with Gasteiger partial charge in [-0.15, -0.1) is 0 Å². The van der Waals surface area contributed by atoms with Crippen LogP contribution in [0.4, 0.5) is 0 Å². The van der Waals surface area contributed by atoms with Crippen molar-refractivity contribution in [3.63, 3.8) is 0 Å². The predicted molar refractivity (Wildman–Crippen MR) is 76.0 cm³/mol. The largest absolute Gasteiger partial charge is 0.481 e. The molecule has 2 atom stereocenters. The van der Waals surface area contributed by atoms with Crippen LogP contribution >= 0.6 is 0 Å². The summed E-state index contributed by atoms with van der Waals surface area (Å²) >= 11 is 0. The van der Waals surface area contributed by atoms with Crippen molar-refractivity contribution >= 4 is 11.8 Å². The number of Topliss-reactive ketones (excluding diaryl/α,β-unsaturated/α-hetero) is 1. The van der Waals surface area contributed by atoms with Gasteiger partial charge in [0, 0.05) is 18.3 Å². The van der Waals surface area contributed by atoms with Gasteiger partial charge in [-0.25, -0.2) is 0 Å². The van der Waals surface area contributed by atoms with Crippen molar-refractivity contribution in [3.8, 4) is 0 Å². The van der Waals surface area contributed by atoms with Crippen LogP contribution in [0.3, 0.4) is 0 Å². The first-order chi connectivity index (χ1) is 9.16. The van der Waals surface area contributed by atoms with Crippen LogP contribution < -0.4 is 0 Å². The minimum Gasteiger partial charge on any atom is -0.481 e. The summed E-state index contributed by atoms with van der Waals surface area (Å²) in [5.74, 6) is 0.369. The lowest BCUT2D eigenvalue weighted by Crippen LogP contribution is -1.93. The monoisotopic (exact) mass is 266 g/mol. The van der Waals surface area contributed by atoms with Crippen LogP contribution in [0.1, 0.15) is 64.7 Å². The average Bonchev–Trinajstić information content (AvgIpc) is 2.98. The molecule has 0 saturated heterocycles. The van der Waals surface area contributed by atoms with E-state index in [0.29, 0.717) is 17.6 Å². The van der Waals surface area contributed by atoms with Crippen molar-refractivity contribution in [3.05, 3.63) is 12.2 Å². The Balaban J connectivity index is 1.94. The zero-order valence-electron chi connectivity index (χ0n) is 11.9. The molecule has 1 N–H and O–H groups in total. The number of carbonyl (C=O) groups excluding carboxylic acids is 1. The summed E-state index contributed by atoms with van der Waals surface area (Å²) in [4.78, 5) is 21.9. The summed E-state index contributed by atoms with van der Waals surface area (Å²) in [6.07, 6.45) is 12.6. The molecule has 1 saturated carbocycles. The topological polar surface area (TPSA) is 54.4 Å². The van der Waals surface area contributed by atoms with E-state index in [-0.39, 0.29) is 6.42 Å². The highest BCUT2D eigenvalue weighted by Crippen LogP contribution is 2.40. The molecule has 0 aliphatic heterocycles. The smallest absolute Gasteiger partial charge is 0.303 e. The maximum Gasteiger partial charge on any atom is 0.303 e. The van der Waals surface area contributed by atoms with E-state index in [1.165, 1.54) is 0 Å². The van der Waals surface area contributed by atoms with Gasteiger partial charge in [-0.1, -0.05) is 44.8 Å². The highest BCUT2D eigenvalue weighted by molar-refractivity contribution is 5.99. The van der Waals surface area contributed by atoms with Gasteiger partial charge in [0.05, 0.1) is 0 Å². The van der Waals surface area contributed by atoms with E-state index >= 15 is 0 Å². The summed E-state index contributed by atoms with van der Waals surface area (Å²) in [7, 11) is 0. The number of carbonyl (C=O) groups is 2. The molecule has 0 aromatic carbocycles. The van der Waals surface area contributed by atoms with Crippen molar-refractivity contribution in [1.29, 1.82) is 0 Å². The first-order valence-electron chi connectivity index (χ1n) is 7.57. The highest BCUT2D eigenvalue weighted by Gasteiger charge is 2.46. The van der Waals surface area contributed by atoms with Crippen molar-refractivity contribution < 1.29 is 14.7 Å². The summed E-state index contributed by atoms with van der Waals surface area (Å²) in [5, 5.41) is 8.50. The van der Waals surface area contributed by atoms with Gasteiger partial charge in [0.15, 0.2) is 0 Å². The molecular weight excluding hydrogens is 240 g/mol. The third-order valence-electron chi connectivity index (χ3n) is 3.81. The van der Waals surface area contributed by atoms with E-state index in [1.807, 2.05) is 0 Å². The Morgan fingerprint density at radius 3 is 2.47 bits per heavy atom. The van der Waals surface area contributed by atoms with Gasteiger partial charge in [-0.2, -0.15) is 0 Å². The molecule has 2 unspecified atom stereocenters. The van der Waals surface area contributed by atoms with Gasteiger partial charge in [0.25, 0.3) is 0 Å². The molecule has 0 aromatic heterocycles. The molecule has 0 spiro atoms. The Morgan fingerprint density at radius 2 is 1.79 bits per heavy atom. The molecule has 1 aliphatic carbocycles. The number of ketones is 1. The van der Waals surface area contributed by atoms with Gasteiger partial charge < -0.3 is 5.11 Å². The summed E-state index contributed by atoms with van der Waals surface area (Å²) < 4.78 is 0. The minimum absolute atomic E-state index is 0.285. The number of hydrogen-bond acceptors (Lipinski definition) is 2. The molecular formula is C16H26O3. The van der Waals surface area contributed by atoms with E-state index in [0.717, 1.165) is 51.4 Å². The average molecular weight is 266 g/mol. The summed E-state index contributed by atoms with van der Waals surface area (Å²) in [5.41, 5.74) is 0. The van der Waals surface area contributed by atoms with E-state index in [4.69, 9.17) is 5.11 Å². The molecule has 0 radical (unpaired) electrons. The van der Waals surface area contributed by atoms with Crippen molar-refractivity contribution in [1.82, 2.24) is 0 Å². The third-order valence-corrected chi connectivity index (χ3v) is 3.81. The molecule has 0 bridgehead atoms. The van der Waals surface area contributed by atoms with Crippen LogP contribution in [-0.4, -0.2) is 16.9 Å². The van der Waals surface area contributed by atoms with Crippen molar-refractivity contribution in [2.45, 2.75) is 64.7 Å².